The molecule has 1 rings (SSSR count). The number of nitrogens with one attached hydrogen (secondary N) is 2. The summed E-state index contributed by atoms with van der Waals surface area (Å²) in [4.78, 5) is 25.2. The van der Waals surface area contributed by atoms with Gasteiger partial charge in [-0.25, -0.2) is 4.39 Å². The molecule has 0 aromatic heterocycles. The van der Waals surface area contributed by atoms with Crippen LogP contribution in [0.15, 0.2) is 18.2 Å². The van der Waals surface area contributed by atoms with E-state index in [2.05, 4.69) is 10.6 Å². The number of amides is 2. The first-order chi connectivity index (χ1) is 9.88. The van der Waals surface area contributed by atoms with Gasteiger partial charge in [-0.05, 0) is 45.3 Å². The third kappa shape index (κ3) is 7.06. The fourth-order valence-corrected chi connectivity index (χ4v) is 1.79. The van der Waals surface area contributed by atoms with Crippen molar-refractivity contribution in [3.05, 3.63) is 29.0 Å². The largest absolute Gasteiger partial charge is 0.356 e. The molecule has 0 saturated carbocycles. The summed E-state index contributed by atoms with van der Waals surface area (Å²) in [6.45, 7) is 1.38. The second kappa shape index (κ2) is 8.59. The molecule has 2 N–H and O–H groups in total. The topological polar surface area (TPSA) is 61.4 Å². The minimum Gasteiger partial charge on any atom is -0.356 e. The van der Waals surface area contributed by atoms with Gasteiger partial charge >= 0.3 is 0 Å². The van der Waals surface area contributed by atoms with Gasteiger partial charge in [-0.15, -0.1) is 0 Å². The lowest BCUT2D eigenvalue weighted by atomic mass is 10.3. The number of benzene rings is 1. The predicted octanol–water partition coefficient (Wildman–Crippen LogP) is 1.88. The molecule has 0 saturated heterocycles. The fourth-order valence-electron chi connectivity index (χ4n) is 1.61. The highest BCUT2D eigenvalue weighted by atomic mass is 35.5. The molecule has 0 unspecified atom stereocenters. The van der Waals surface area contributed by atoms with Crippen molar-refractivity contribution in [2.75, 3.05) is 32.5 Å². The Morgan fingerprint density at radius 1 is 1.29 bits per heavy atom. The Morgan fingerprint density at radius 3 is 2.62 bits per heavy atom. The van der Waals surface area contributed by atoms with Gasteiger partial charge in [0.05, 0.1) is 5.02 Å². The summed E-state index contributed by atoms with van der Waals surface area (Å²) in [6, 6.07) is 3.83. The molecule has 0 bridgehead atoms. The Morgan fingerprint density at radius 2 is 2.00 bits per heavy atom. The summed E-state index contributed by atoms with van der Waals surface area (Å²) in [5.41, 5.74) is 0.354. The molecule has 0 heterocycles. The first kappa shape index (κ1) is 17.4. The first-order valence-electron chi connectivity index (χ1n) is 6.55. The van der Waals surface area contributed by atoms with Crippen molar-refractivity contribution in [1.82, 2.24) is 10.2 Å². The van der Waals surface area contributed by atoms with Gasteiger partial charge in [-0.3, -0.25) is 9.59 Å². The number of hydrogen-bond acceptors (Lipinski definition) is 3. The van der Waals surface area contributed by atoms with E-state index in [1.807, 2.05) is 19.0 Å². The summed E-state index contributed by atoms with van der Waals surface area (Å²) in [5.74, 6) is -1.38. The molecule has 0 radical (unpaired) electrons. The lowest BCUT2D eigenvalue weighted by Gasteiger charge is -2.10. The normalized spacial score (nSPS) is 10.5. The number of hydrogen-bond donors (Lipinski definition) is 2. The van der Waals surface area contributed by atoms with Crippen molar-refractivity contribution in [3.8, 4) is 0 Å². The second-order valence-corrected chi connectivity index (χ2v) is 5.27. The van der Waals surface area contributed by atoms with Crippen molar-refractivity contribution in [2.24, 2.45) is 0 Å². The smallest absolute Gasteiger partial charge is 0.233 e. The highest BCUT2D eigenvalue weighted by molar-refractivity contribution is 6.31. The molecule has 0 aliphatic rings. The SMILES string of the molecule is CN(C)CCCNC(=O)CC(=O)Nc1ccc(F)c(Cl)c1. The summed E-state index contributed by atoms with van der Waals surface area (Å²) in [5, 5.41) is 5.07. The molecule has 0 atom stereocenters. The number of carbonyl (C=O) groups excluding carboxylic acids is 2. The van der Waals surface area contributed by atoms with Crippen LogP contribution >= 0.6 is 11.6 Å². The lowest BCUT2D eigenvalue weighted by molar-refractivity contribution is -0.126. The second-order valence-electron chi connectivity index (χ2n) is 4.86. The van der Waals surface area contributed by atoms with Crippen LogP contribution in [-0.2, 0) is 9.59 Å². The highest BCUT2D eigenvalue weighted by Crippen LogP contribution is 2.19. The van der Waals surface area contributed by atoms with E-state index in [1.165, 1.54) is 12.1 Å². The average Bonchev–Trinajstić information content (AvgIpc) is 2.38. The Balaban J connectivity index is 2.32. The van der Waals surface area contributed by atoms with E-state index in [0.717, 1.165) is 19.0 Å². The van der Waals surface area contributed by atoms with Crippen LogP contribution in [0.1, 0.15) is 12.8 Å². The zero-order chi connectivity index (χ0) is 15.8. The molecule has 0 aliphatic carbocycles. The Hall–Kier alpha value is -1.66. The van der Waals surface area contributed by atoms with Gasteiger partial charge in [0.15, 0.2) is 0 Å². The Bertz CT molecular complexity index is 509. The quantitative estimate of drug-likeness (QED) is 0.596. The minimum atomic E-state index is -0.562. The zero-order valence-electron chi connectivity index (χ0n) is 12.1. The van der Waals surface area contributed by atoms with Crippen molar-refractivity contribution in [2.45, 2.75) is 12.8 Å². The summed E-state index contributed by atoms with van der Waals surface area (Å²) < 4.78 is 13.0. The van der Waals surface area contributed by atoms with Crippen LogP contribution in [-0.4, -0.2) is 43.9 Å². The molecular formula is C14H19ClFN3O2. The number of halogens is 2. The van der Waals surface area contributed by atoms with Gasteiger partial charge in [-0.1, -0.05) is 11.6 Å². The van der Waals surface area contributed by atoms with Crippen molar-refractivity contribution in [1.29, 1.82) is 0 Å². The Kier molecular flexibility index (Phi) is 7.11. The van der Waals surface area contributed by atoms with E-state index in [0.29, 0.717) is 12.2 Å². The monoisotopic (exact) mass is 315 g/mol. The van der Waals surface area contributed by atoms with Crippen LogP contribution in [0.3, 0.4) is 0 Å². The fraction of sp³-hybridized carbons (Fsp3) is 0.429. The molecule has 0 spiro atoms. The molecule has 2 amide bonds. The maximum Gasteiger partial charge on any atom is 0.233 e. The molecule has 7 heteroatoms. The average molecular weight is 316 g/mol. The summed E-state index contributed by atoms with van der Waals surface area (Å²) in [6.07, 6.45) is 0.533. The van der Waals surface area contributed by atoms with Crippen molar-refractivity contribution in [3.63, 3.8) is 0 Å². The summed E-state index contributed by atoms with van der Waals surface area (Å²) in [7, 11) is 3.90. The minimum absolute atomic E-state index is 0.0825. The van der Waals surface area contributed by atoms with Crippen molar-refractivity contribution < 1.29 is 14.0 Å². The molecule has 116 valence electrons. The van der Waals surface area contributed by atoms with E-state index >= 15 is 0 Å². The van der Waals surface area contributed by atoms with E-state index < -0.39 is 11.7 Å². The van der Waals surface area contributed by atoms with Gasteiger partial charge in [-0.2, -0.15) is 0 Å². The predicted molar refractivity (Wildman–Crippen MR) is 80.8 cm³/mol. The van der Waals surface area contributed by atoms with Crippen LogP contribution in [0.2, 0.25) is 5.02 Å². The third-order valence-corrected chi connectivity index (χ3v) is 2.92. The van der Waals surface area contributed by atoms with Crippen LogP contribution in [0, 0.1) is 5.82 Å². The maximum atomic E-state index is 13.0. The van der Waals surface area contributed by atoms with Gasteiger partial charge in [0, 0.05) is 12.2 Å². The van der Waals surface area contributed by atoms with Crippen LogP contribution in [0.25, 0.3) is 0 Å². The molecule has 5 nitrogen and oxygen atoms in total. The van der Waals surface area contributed by atoms with E-state index in [-0.39, 0.29) is 17.4 Å². The van der Waals surface area contributed by atoms with Gasteiger partial charge < -0.3 is 15.5 Å². The molecule has 1 aromatic carbocycles. The standard InChI is InChI=1S/C14H19ClFN3O2/c1-19(2)7-3-6-17-13(20)9-14(21)18-10-4-5-12(16)11(15)8-10/h4-5,8H,3,6-7,9H2,1-2H3,(H,17,20)(H,18,21). The first-order valence-corrected chi connectivity index (χ1v) is 6.92. The van der Waals surface area contributed by atoms with Gasteiger partial charge in [0.2, 0.25) is 11.8 Å². The maximum absolute atomic E-state index is 13.0. The molecule has 21 heavy (non-hydrogen) atoms. The summed E-state index contributed by atoms with van der Waals surface area (Å²) >= 11 is 5.60. The van der Waals surface area contributed by atoms with E-state index in [4.69, 9.17) is 11.6 Å². The van der Waals surface area contributed by atoms with Crippen molar-refractivity contribution >= 4 is 29.1 Å². The van der Waals surface area contributed by atoms with Gasteiger partial charge in [0.25, 0.3) is 0 Å². The number of carbonyl (C=O) groups is 2. The number of anilines is 1. The van der Waals surface area contributed by atoms with E-state index in [1.54, 1.807) is 0 Å². The molecule has 0 fully saturated rings. The third-order valence-electron chi connectivity index (χ3n) is 2.63. The molecular weight excluding hydrogens is 297 g/mol. The zero-order valence-corrected chi connectivity index (χ0v) is 12.8. The Labute approximate surface area is 128 Å². The molecule has 1 aromatic rings. The van der Waals surface area contributed by atoms with Crippen LogP contribution < -0.4 is 10.6 Å². The number of nitrogens with zero attached hydrogens (tertiary/aromatic N) is 1. The van der Waals surface area contributed by atoms with Crippen LogP contribution in [0.4, 0.5) is 10.1 Å². The lowest BCUT2D eigenvalue weighted by Crippen LogP contribution is -2.30. The van der Waals surface area contributed by atoms with Crippen LogP contribution in [0.5, 0.6) is 0 Å². The number of rotatable bonds is 7. The molecule has 0 aliphatic heterocycles. The van der Waals surface area contributed by atoms with E-state index in [9.17, 15) is 14.0 Å². The highest BCUT2D eigenvalue weighted by Gasteiger charge is 2.10. The van der Waals surface area contributed by atoms with Gasteiger partial charge in [0.1, 0.15) is 12.2 Å².